The highest BCUT2D eigenvalue weighted by molar-refractivity contribution is 7.47. The fourth-order valence-electron chi connectivity index (χ4n) is 10.00. The number of aliphatic hydroxyl groups excluding tert-OH is 1. The first-order valence-electron chi connectivity index (χ1n) is 35.1. The lowest BCUT2D eigenvalue weighted by Gasteiger charge is -2.21. The Balaban J connectivity index is 5.24. The van der Waals surface area contributed by atoms with E-state index < -0.39 is 97.5 Å². The lowest BCUT2D eigenvalue weighted by Crippen LogP contribution is -2.30. The minimum Gasteiger partial charge on any atom is -0.462 e. The Labute approximate surface area is 524 Å². The highest BCUT2D eigenvalue weighted by Gasteiger charge is 2.30. The number of rotatable bonds is 66. The molecule has 86 heavy (non-hydrogen) atoms. The summed E-state index contributed by atoms with van der Waals surface area (Å²) in [7, 11) is -9.89. The van der Waals surface area contributed by atoms with Gasteiger partial charge < -0.3 is 33.8 Å². The molecule has 0 aliphatic heterocycles. The molecule has 0 fully saturated rings. The summed E-state index contributed by atoms with van der Waals surface area (Å²) in [5.41, 5.74) is 0. The lowest BCUT2D eigenvalue weighted by atomic mass is 9.99. The molecule has 0 aromatic rings. The molecule has 0 aliphatic carbocycles. The van der Waals surface area contributed by atoms with Crippen LogP contribution in [0.5, 0.6) is 0 Å². The number of phosphoric ester groups is 2. The van der Waals surface area contributed by atoms with Crippen molar-refractivity contribution < 1.29 is 80.2 Å². The summed E-state index contributed by atoms with van der Waals surface area (Å²) >= 11 is 0. The molecule has 510 valence electrons. The van der Waals surface area contributed by atoms with Crippen molar-refractivity contribution in [3.8, 4) is 0 Å². The fourth-order valence-corrected chi connectivity index (χ4v) is 11.6. The molecule has 3 N–H and O–H groups in total. The van der Waals surface area contributed by atoms with E-state index in [2.05, 4.69) is 41.5 Å². The van der Waals surface area contributed by atoms with Gasteiger partial charge in [0.15, 0.2) is 12.2 Å². The van der Waals surface area contributed by atoms with Crippen molar-refractivity contribution in [3.05, 3.63) is 0 Å². The van der Waals surface area contributed by atoms with Gasteiger partial charge in [-0.2, -0.15) is 0 Å². The van der Waals surface area contributed by atoms with Gasteiger partial charge in [0.1, 0.15) is 19.3 Å². The summed E-state index contributed by atoms with van der Waals surface area (Å²) in [5.74, 6) is -0.550. The van der Waals surface area contributed by atoms with E-state index in [0.29, 0.717) is 25.7 Å². The van der Waals surface area contributed by atoms with Crippen molar-refractivity contribution >= 4 is 39.5 Å². The summed E-state index contributed by atoms with van der Waals surface area (Å²) in [6.07, 6.45) is 42.9. The zero-order valence-electron chi connectivity index (χ0n) is 55.6. The first kappa shape index (κ1) is 84.1. The van der Waals surface area contributed by atoms with E-state index in [0.717, 1.165) is 108 Å². The van der Waals surface area contributed by atoms with E-state index in [-0.39, 0.29) is 25.7 Å². The number of ether oxygens (including phenoxy) is 4. The summed E-state index contributed by atoms with van der Waals surface area (Å²) in [6.45, 7) is 9.53. The highest BCUT2D eigenvalue weighted by atomic mass is 31.2. The minimum atomic E-state index is -4.95. The van der Waals surface area contributed by atoms with Gasteiger partial charge >= 0.3 is 39.5 Å². The Morgan fingerprint density at radius 2 is 0.558 bits per heavy atom. The monoisotopic (exact) mass is 1270 g/mol. The van der Waals surface area contributed by atoms with Crippen molar-refractivity contribution in [3.63, 3.8) is 0 Å². The molecule has 4 unspecified atom stereocenters. The summed E-state index contributed by atoms with van der Waals surface area (Å²) in [5, 5.41) is 10.6. The van der Waals surface area contributed by atoms with Crippen LogP contribution >= 0.6 is 15.6 Å². The number of esters is 4. The number of phosphoric acid groups is 2. The van der Waals surface area contributed by atoms with E-state index in [9.17, 15) is 43.2 Å². The van der Waals surface area contributed by atoms with Gasteiger partial charge in [-0.05, 0) is 37.5 Å². The average Bonchev–Trinajstić information content (AvgIpc) is 3.69. The van der Waals surface area contributed by atoms with Crippen LogP contribution in [0.1, 0.15) is 337 Å². The Kier molecular flexibility index (Phi) is 58.0. The van der Waals surface area contributed by atoms with E-state index >= 15 is 0 Å². The van der Waals surface area contributed by atoms with Crippen LogP contribution in [-0.4, -0.2) is 96.7 Å². The van der Waals surface area contributed by atoms with Crippen LogP contribution < -0.4 is 0 Å². The minimum absolute atomic E-state index is 0.106. The van der Waals surface area contributed by atoms with Gasteiger partial charge in [0, 0.05) is 25.7 Å². The smallest absolute Gasteiger partial charge is 0.462 e. The van der Waals surface area contributed by atoms with Crippen LogP contribution in [0.3, 0.4) is 0 Å². The molecule has 17 nitrogen and oxygen atoms in total. The molecule has 7 atom stereocenters. The molecule has 0 rings (SSSR count). The quantitative estimate of drug-likeness (QED) is 0.0222. The topological polar surface area (TPSA) is 237 Å². The number of unbranched alkanes of at least 4 members (excludes halogenated alkanes) is 34. The Bertz CT molecular complexity index is 1690. The number of aliphatic hydroxyl groups is 1. The van der Waals surface area contributed by atoms with Crippen LogP contribution in [0.15, 0.2) is 0 Å². The zero-order valence-corrected chi connectivity index (χ0v) is 57.4. The summed E-state index contributed by atoms with van der Waals surface area (Å²) < 4.78 is 68.1. The zero-order chi connectivity index (χ0) is 63.6. The van der Waals surface area contributed by atoms with Gasteiger partial charge in [-0.3, -0.25) is 37.3 Å². The standard InChI is InChI=1S/C67H130O17P2/c1-7-11-13-15-17-19-20-21-25-33-39-45-51-66(71)83-62(55-77-64(69)49-43-37-31-18-16-14-12-8-2)57-81-85(73,74)79-53-61(68)54-80-86(75,76)82-58-63(56-78-65(70)50-44-38-32-28-27-30-36-42-48-60(6)10-4)84-67(72)52-46-40-34-26-23-22-24-29-35-41-47-59(5)9-3/h59-63,68H,7-58H2,1-6H3,(H,73,74)(H,75,76)/t59?,60?,61-,62+,63+/m0/s1. The first-order chi connectivity index (χ1) is 41.4. The second-order valence-corrected chi connectivity index (χ2v) is 27.6. The Morgan fingerprint density at radius 1 is 0.326 bits per heavy atom. The summed E-state index contributed by atoms with van der Waals surface area (Å²) in [4.78, 5) is 72.3. The molecule has 0 heterocycles. The molecule has 0 aromatic heterocycles. The molecule has 19 heteroatoms. The Hall–Kier alpha value is -1.94. The molecular formula is C67H130O17P2. The number of hydrogen-bond acceptors (Lipinski definition) is 15. The van der Waals surface area contributed by atoms with Gasteiger partial charge in [-0.1, -0.05) is 286 Å². The van der Waals surface area contributed by atoms with Gasteiger partial charge in [0.05, 0.1) is 26.4 Å². The third kappa shape index (κ3) is 58.4. The van der Waals surface area contributed by atoms with Crippen LogP contribution in [0.2, 0.25) is 0 Å². The van der Waals surface area contributed by atoms with Gasteiger partial charge in [0.2, 0.25) is 0 Å². The predicted molar refractivity (Wildman–Crippen MR) is 345 cm³/mol. The fraction of sp³-hybridized carbons (Fsp3) is 0.940. The highest BCUT2D eigenvalue weighted by Crippen LogP contribution is 2.45. The Morgan fingerprint density at radius 3 is 0.826 bits per heavy atom. The van der Waals surface area contributed by atoms with Gasteiger partial charge in [-0.25, -0.2) is 9.13 Å². The largest absolute Gasteiger partial charge is 0.472 e. The van der Waals surface area contributed by atoms with Crippen molar-refractivity contribution in [1.82, 2.24) is 0 Å². The summed E-state index contributed by atoms with van der Waals surface area (Å²) in [6, 6.07) is 0. The maximum absolute atomic E-state index is 13.0. The number of carbonyl (C=O) groups is 4. The molecule has 0 amide bonds. The van der Waals surface area contributed by atoms with Crippen LogP contribution in [0.25, 0.3) is 0 Å². The molecule has 0 aromatic carbocycles. The molecule has 0 saturated heterocycles. The van der Waals surface area contributed by atoms with E-state index in [1.807, 2.05) is 0 Å². The van der Waals surface area contributed by atoms with Crippen LogP contribution in [-0.2, 0) is 65.4 Å². The number of hydrogen-bond donors (Lipinski definition) is 3. The molecule has 0 bridgehead atoms. The second kappa shape index (κ2) is 59.4. The lowest BCUT2D eigenvalue weighted by molar-refractivity contribution is -0.161. The third-order valence-electron chi connectivity index (χ3n) is 16.2. The third-order valence-corrected chi connectivity index (χ3v) is 18.1. The molecule has 0 spiro atoms. The van der Waals surface area contributed by atoms with Crippen LogP contribution in [0.4, 0.5) is 0 Å². The van der Waals surface area contributed by atoms with E-state index in [4.69, 9.17) is 37.0 Å². The van der Waals surface area contributed by atoms with E-state index in [1.165, 1.54) is 148 Å². The van der Waals surface area contributed by atoms with E-state index in [1.54, 1.807) is 0 Å². The molecule has 0 radical (unpaired) electrons. The second-order valence-electron chi connectivity index (χ2n) is 24.7. The average molecular weight is 1270 g/mol. The predicted octanol–water partition coefficient (Wildman–Crippen LogP) is 18.8. The molecule has 0 aliphatic rings. The van der Waals surface area contributed by atoms with Crippen molar-refractivity contribution in [2.75, 3.05) is 39.6 Å². The normalized spacial score (nSPS) is 14.8. The van der Waals surface area contributed by atoms with Gasteiger partial charge in [-0.15, -0.1) is 0 Å². The van der Waals surface area contributed by atoms with Crippen molar-refractivity contribution in [2.45, 2.75) is 355 Å². The van der Waals surface area contributed by atoms with Crippen molar-refractivity contribution in [1.29, 1.82) is 0 Å². The van der Waals surface area contributed by atoms with Crippen LogP contribution in [0, 0.1) is 11.8 Å². The van der Waals surface area contributed by atoms with Crippen molar-refractivity contribution in [2.24, 2.45) is 11.8 Å². The SMILES string of the molecule is CCCCCCCCCCCCCCC(=O)O[C@H](COC(=O)CCCCCCCCCC)COP(=O)(O)OC[C@H](O)COP(=O)(O)OC[C@@H](COC(=O)CCCCCCCCCCC(C)CC)OC(=O)CCCCCCCCCCCCC(C)CC. The maximum atomic E-state index is 13.0. The number of carbonyl (C=O) groups excluding carboxylic acids is 4. The van der Waals surface area contributed by atoms with Gasteiger partial charge in [0.25, 0.3) is 0 Å². The maximum Gasteiger partial charge on any atom is 0.472 e. The first-order valence-corrected chi connectivity index (χ1v) is 38.1. The molecular weight excluding hydrogens is 1140 g/mol. The molecule has 0 saturated carbocycles.